The van der Waals surface area contributed by atoms with Gasteiger partial charge in [-0.25, -0.2) is 0 Å². The first-order valence-electron chi connectivity index (χ1n) is 8.85. The number of hydrogen-bond donors (Lipinski definition) is 1. The number of anilines is 1. The zero-order valence-electron chi connectivity index (χ0n) is 16.6. The van der Waals surface area contributed by atoms with Gasteiger partial charge in [-0.3, -0.25) is 10.1 Å². The predicted molar refractivity (Wildman–Crippen MR) is 124 cm³/mol. The number of hydrogen-bond acceptors (Lipinski definition) is 8. The van der Waals surface area contributed by atoms with Gasteiger partial charge in [-0.05, 0) is 57.8 Å². The van der Waals surface area contributed by atoms with Crippen molar-refractivity contribution < 1.29 is 19.1 Å². The number of methoxy groups -OCH3 is 2. The van der Waals surface area contributed by atoms with Crippen LogP contribution in [0.4, 0.5) is 11.4 Å². The van der Waals surface area contributed by atoms with Crippen LogP contribution < -0.4 is 19.9 Å². The molecule has 0 saturated heterocycles. The molecule has 1 aromatic heterocycles. The molecule has 8 nitrogen and oxygen atoms in total. The zero-order chi connectivity index (χ0) is 22.4. The predicted octanol–water partition coefficient (Wildman–Crippen LogP) is 6.05. The lowest BCUT2D eigenvalue weighted by Crippen LogP contribution is -1.92. The number of fused-ring (bicyclic) bond motifs is 1. The Kier molecular flexibility index (Phi) is 7.27. The third-order valence-electron chi connectivity index (χ3n) is 4.11. The maximum atomic E-state index is 10.3. The summed E-state index contributed by atoms with van der Waals surface area (Å²) in [5.74, 6) is 2.47. The van der Waals surface area contributed by atoms with Crippen molar-refractivity contribution >= 4 is 48.9 Å². The van der Waals surface area contributed by atoms with E-state index in [9.17, 15) is 10.1 Å². The Balaban J connectivity index is 0.000000196. The van der Waals surface area contributed by atoms with Crippen LogP contribution in [0.1, 0.15) is 0 Å². The summed E-state index contributed by atoms with van der Waals surface area (Å²) in [6, 6.07) is 15.5. The summed E-state index contributed by atoms with van der Waals surface area (Å²) in [6.45, 7) is 0. The van der Waals surface area contributed by atoms with E-state index in [-0.39, 0.29) is 5.69 Å². The van der Waals surface area contributed by atoms with Gasteiger partial charge in [0, 0.05) is 17.8 Å². The number of nitro groups is 1. The van der Waals surface area contributed by atoms with Gasteiger partial charge in [0.1, 0.15) is 11.5 Å². The highest BCUT2D eigenvalue weighted by molar-refractivity contribution is 9.10. The maximum Gasteiger partial charge on any atom is 0.273 e. The molecule has 160 valence electrons. The van der Waals surface area contributed by atoms with Crippen molar-refractivity contribution in [3.63, 3.8) is 0 Å². The molecule has 4 aromatic rings. The number of non-ortho nitro benzene ring substituents is 1. The molecule has 0 fully saturated rings. The highest BCUT2D eigenvalue weighted by Gasteiger charge is 2.10. The molecule has 0 radical (unpaired) electrons. The Morgan fingerprint density at radius 3 is 2.48 bits per heavy atom. The van der Waals surface area contributed by atoms with Crippen molar-refractivity contribution in [2.45, 2.75) is 0 Å². The second-order valence-corrected chi connectivity index (χ2v) is 7.77. The maximum absolute atomic E-state index is 10.3. The first-order chi connectivity index (χ1) is 14.9. The van der Waals surface area contributed by atoms with Crippen LogP contribution in [0.2, 0.25) is 0 Å². The summed E-state index contributed by atoms with van der Waals surface area (Å²) in [5.41, 5.74) is 6.39. The van der Waals surface area contributed by atoms with E-state index in [1.54, 1.807) is 37.6 Å². The van der Waals surface area contributed by atoms with Crippen molar-refractivity contribution in [3.8, 4) is 23.0 Å². The third-order valence-corrected chi connectivity index (χ3v) is 5.53. The number of nitro benzene ring substituents is 1. The molecule has 31 heavy (non-hydrogen) atoms. The van der Waals surface area contributed by atoms with Gasteiger partial charge in [0.05, 0.1) is 46.0 Å². The summed E-state index contributed by atoms with van der Waals surface area (Å²) in [7, 11) is 3.05. The van der Waals surface area contributed by atoms with Crippen LogP contribution in [0, 0.1) is 10.1 Å². The zero-order valence-corrected chi connectivity index (χ0v) is 19.0. The lowest BCUT2D eigenvalue weighted by Gasteiger charge is -2.11. The first kappa shape index (κ1) is 22.3. The molecule has 10 heteroatoms. The Labute approximate surface area is 190 Å². The van der Waals surface area contributed by atoms with E-state index >= 15 is 0 Å². The monoisotopic (exact) mass is 503 g/mol. The Morgan fingerprint density at radius 2 is 1.77 bits per heavy atom. The number of ether oxygens (including phenoxy) is 3. The highest BCUT2D eigenvalue weighted by atomic mass is 79.9. The van der Waals surface area contributed by atoms with Crippen LogP contribution in [0.15, 0.2) is 65.3 Å². The number of nitrogen functional groups attached to an aromatic ring is 1. The minimum atomic E-state index is -0.463. The van der Waals surface area contributed by atoms with E-state index in [1.807, 2.05) is 18.2 Å². The summed E-state index contributed by atoms with van der Waals surface area (Å²) >= 11 is 4.64. The number of nitrogens with zero attached hydrogens (tertiary/aromatic N) is 2. The summed E-state index contributed by atoms with van der Waals surface area (Å²) in [6.07, 6.45) is 1.80. The van der Waals surface area contributed by atoms with Crippen LogP contribution in [0.5, 0.6) is 23.0 Å². The van der Waals surface area contributed by atoms with Crippen molar-refractivity contribution in [3.05, 3.63) is 75.4 Å². The highest BCUT2D eigenvalue weighted by Crippen LogP contribution is 2.36. The van der Waals surface area contributed by atoms with Crippen molar-refractivity contribution in [2.24, 2.45) is 0 Å². The van der Waals surface area contributed by atoms with Crippen LogP contribution in [-0.2, 0) is 0 Å². The topological polar surface area (TPSA) is 110 Å². The number of halogens is 1. The van der Waals surface area contributed by atoms with E-state index in [0.29, 0.717) is 27.4 Å². The second-order valence-electron chi connectivity index (χ2n) is 6.08. The van der Waals surface area contributed by atoms with Gasteiger partial charge in [-0.2, -0.15) is 4.37 Å². The van der Waals surface area contributed by atoms with Crippen LogP contribution >= 0.6 is 27.5 Å². The average molecular weight is 504 g/mol. The van der Waals surface area contributed by atoms with Gasteiger partial charge in [0.15, 0.2) is 11.5 Å². The fraction of sp³-hybridized carbons (Fsp3) is 0.0952. The molecule has 0 amide bonds. The van der Waals surface area contributed by atoms with Crippen LogP contribution in [0.3, 0.4) is 0 Å². The summed E-state index contributed by atoms with van der Waals surface area (Å²) in [4.78, 5) is 9.85. The van der Waals surface area contributed by atoms with E-state index in [1.165, 1.54) is 30.8 Å². The molecule has 0 saturated carbocycles. The molecule has 0 spiro atoms. The minimum absolute atomic E-state index is 0.0232. The molecule has 0 unspecified atom stereocenters. The smallest absolute Gasteiger partial charge is 0.273 e. The number of rotatable bonds is 5. The third kappa shape index (κ3) is 5.41. The van der Waals surface area contributed by atoms with Gasteiger partial charge in [0.25, 0.3) is 5.69 Å². The Hall–Kier alpha value is -3.37. The van der Waals surface area contributed by atoms with Gasteiger partial charge in [0.2, 0.25) is 0 Å². The molecule has 1 heterocycles. The minimum Gasteiger partial charge on any atom is -0.495 e. The second kappa shape index (κ2) is 10.1. The van der Waals surface area contributed by atoms with E-state index < -0.39 is 4.92 Å². The van der Waals surface area contributed by atoms with E-state index in [0.717, 1.165) is 15.8 Å². The fourth-order valence-electron chi connectivity index (χ4n) is 2.60. The molecule has 0 atom stereocenters. The molecule has 0 aliphatic carbocycles. The van der Waals surface area contributed by atoms with Crippen LogP contribution in [0.25, 0.3) is 10.1 Å². The molecule has 0 aliphatic heterocycles. The normalized spacial score (nSPS) is 10.2. The van der Waals surface area contributed by atoms with Crippen molar-refractivity contribution in [2.75, 3.05) is 20.0 Å². The Bertz CT molecular complexity index is 1210. The fourth-order valence-corrected chi connectivity index (χ4v) is 3.68. The van der Waals surface area contributed by atoms with Crippen LogP contribution in [-0.4, -0.2) is 23.5 Å². The van der Waals surface area contributed by atoms with E-state index in [2.05, 4.69) is 20.3 Å². The van der Waals surface area contributed by atoms with Crippen molar-refractivity contribution in [1.29, 1.82) is 0 Å². The first-order valence-corrected chi connectivity index (χ1v) is 10.4. The lowest BCUT2D eigenvalue weighted by molar-refractivity contribution is -0.384. The molecular weight excluding hydrogens is 486 g/mol. The SMILES string of the molecule is COc1cc(N)ccc1Oc1cccc2sncc12.COc1cc([N+](=O)[O-])ccc1Br. The lowest BCUT2D eigenvalue weighted by atomic mass is 10.2. The standard InChI is InChI=1S/C14H12N2O2S.C7H6BrNO3/c1-17-13-7-9(15)5-6-12(13)18-11-3-2-4-14-10(11)8-16-19-14;1-12-7-4-5(9(10)11)2-3-6(7)8/h2-8H,15H2,1H3;2-4H,1H3. The number of nitrogens with two attached hydrogens (primary N) is 1. The van der Waals surface area contributed by atoms with Gasteiger partial charge >= 0.3 is 0 Å². The van der Waals surface area contributed by atoms with E-state index in [4.69, 9.17) is 19.9 Å². The average Bonchev–Trinajstić information content (AvgIpc) is 3.25. The molecule has 4 rings (SSSR count). The molecule has 0 bridgehead atoms. The molecule has 0 aliphatic rings. The van der Waals surface area contributed by atoms with Gasteiger partial charge in [-0.15, -0.1) is 0 Å². The molecule has 3 aromatic carbocycles. The largest absolute Gasteiger partial charge is 0.495 e. The number of benzene rings is 3. The van der Waals surface area contributed by atoms with Gasteiger partial charge in [-0.1, -0.05) is 6.07 Å². The van der Waals surface area contributed by atoms with Crippen molar-refractivity contribution in [1.82, 2.24) is 4.37 Å². The molecule has 2 N–H and O–H groups in total. The van der Waals surface area contributed by atoms with Gasteiger partial charge < -0.3 is 19.9 Å². The molecular formula is C21H18BrN3O5S. The summed E-state index contributed by atoms with van der Waals surface area (Å²) in [5, 5.41) is 11.3. The Morgan fingerprint density at radius 1 is 1.00 bits per heavy atom. The summed E-state index contributed by atoms with van der Waals surface area (Å²) < 4.78 is 22.0. The quantitative estimate of drug-likeness (QED) is 0.200. The number of aromatic nitrogens is 1.